The number of hydrogen-bond acceptors (Lipinski definition) is 2. The van der Waals surface area contributed by atoms with Gasteiger partial charge in [0.2, 0.25) is 0 Å². The van der Waals surface area contributed by atoms with E-state index in [-0.39, 0.29) is 0 Å². The van der Waals surface area contributed by atoms with Crippen molar-refractivity contribution < 1.29 is 9.90 Å². The van der Waals surface area contributed by atoms with Crippen molar-refractivity contribution in [2.24, 2.45) is 5.41 Å². The molecule has 0 aromatic heterocycles. The van der Waals surface area contributed by atoms with E-state index in [4.69, 9.17) is 5.11 Å². The summed E-state index contributed by atoms with van der Waals surface area (Å²) >= 11 is 3.42. The average Bonchev–Trinajstić information content (AvgIpc) is 2.31. The Morgan fingerprint density at radius 3 is 2.42 bits per heavy atom. The van der Waals surface area contributed by atoms with Crippen molar-refractivity contribution in [3.8, 4) is 0 Å². The topological polar surface area (TPSA) is 40.5 Å². The number of carbonyl (C=O) groups is 1. The van der Waals surface area contributed by atoms with Gasteiger partial charge >= 0.3 is 5.97 Å². The number of rotatable bonds is 7. The molecule has 0 heterocycles. The van der Waals surface area contributed by atoms with Crippen LogP contribution in [0, 0.1) is 5.41 Å². The fraction of sp³-hybridized carbons (Fsp3) is 0.533. The molecule has 19 heavy (non-hydrogen) atoms. The standard InChI is InChI=1S/C15H22BrNO2/c1-15(2,14(18)19)9-4-10-17(3)11-12-5-7-13(16)8-6-12/h5-8H,4,9-11H2,1-3H3,(H,18,19). The third-order valence-corrected chi connectivity index (χ3v) is 3.81. The first-order chi connectivity index (χ1) is 8.81. The molecule has 1 aromatic carbocycles. The Balaban J connectivity index is 2.34. The van der Waals surface area contributed by atoms with Crippen molar-refractivity contribution in [2.45, 2.75) is 33.2 Å². The van der Waals surface area contributed by atoms with E-state index in [1.807, 2.05) is 12.1 Å². The molecule has 0 fully saturated rings. The zero-order chi connectivity index (χ0) is 14.5. The number of halogens is 1. The predicted octanol–water partition coefficient (Wildman–Crippen LogP) is 3.77. The van der Waals surface area contributed by atoms with Crippen LogP contribution in [0.3, 0.4) is 0 Å². The maximum absolute atomic E-state index is 11.0. The Morgan fingerprint density at radius 2 is 1.89 bits per heavy atom. The molecule has 1 rings (SSSR count). The van der Waals surface area contributed by atoms with Crippen LogP contribution in [0.25, 0.3) is 0 Å². The largest absolute Gasteiger partial charge is 0.481 e. The molecule has 0 saturated heterocycles. The summed E-state index contributed by atoms with van der Waals surface area (Å²) in [6.45, 7) is 5.36. The van der Waals surface area contributed by atoms with Gasteiger partial charge < -0.3 is 10.0 Å². The van der Waals surface area contributed by atoms with Crippen molar-refractivity contribution in [2.75, 3.05) is 13.6 Å². The summed E-state index contributed by atoms with van der Waals surface area (Å²) in [6.07, 6.45) is 1.60. The lowest BCUT2D eigenvalue weighted by Crippen LogP contribution is -2.26. The van der Waals surface area contributed by atoms with Gasteiger partial charge in [0.25, 0.3) is 0 Å². The van der Waals surface area contributed by atoms with Gasteiger partial charge in [-0.3, -0.25) is 4.79 Å². The van der Waals surface area contributed by atoms with E-state index >= 15 is 0 Å². The van der Waals surface area contributed by atoms with E-state index in [0.717, 1.165) is 24.0 Å². The number of carboxylic acid groups (broad SMARTS) is 1. The van der Waals surface area contributed by atoms with E-state index < -0.39 is 11.4 Å². The molecule has 106 valence electrons. The van der Waals surface area contributed by atoms with Gasteiger partial charge in [-0.05, 0) is 58.0 Å². The highest BCUT2D eigenvalue weighted by Gasteiger charge is 2.26. The van der Waals surface area contributed by atoms with Gasteiger partial charge in [0.15, 0.2) is 0 Å². The highest BCUT2D eigenvalue weighted by molar-refractivity contribution is 9.10. The Bertz CT molecular complexity index is 415. The van der Waals surface area contributed by atoms with Gasteiger partial charge in [-0.25, -0.2) is 0 Å². The minimum atomic E-state index is -0.719. The normalized spacial score (nSPS) is 11.8. The monoisotopic (exact) mass is 327 g/mol. The zero-order valence-corrected chi connectivity index (χ0v) is 13.4. The molecule has 0 amide bonds. The molecule has 0 aliphatic carbocycles. The number of nitrogens with zero attached hydrogens (tertiary/aromatic N) is 1. The van der Waals surface area contributed by atoms with Crippen molar-refractivity contribution >= 4 is 21.9 Å². The van der Waals surface area contributed by atoms with Crippen LogP contribution < -0.4 is 0 Å². The summed E-state index contributed by atoms with van der Waals surface area (Å²) < 4.78 is 1.09. The van der Waals surface area contributed by atoms with Crippen LogP contribution in [0.1, 0.15) is 32.3 Å². The van der Waals surface area contributed by atoms with Crippen LogP contribution in [0.15, 0.2) is 28.7 Å². The fourth-order valence-electron chi connectivity index (χ4n) is 1.88. The van der Waals surface area contributed by atoms with E-state index in [0.29, 0.717) is 6.42 Å². The molecule has 3 nitrogen and oxygen atoms in total. The van der Waals surface area contributed by atoms with Gasteiger partial charge in [0.05, 0.1) is 5.41 Å². The van der Waals surface area contributed by atoms with Gasteiger partial charge in [0, 0.05) is 11.0 Å². The number of carboxylic acids is 1. The first-order valence-corrected chi connectivity index (χ1v) is 7.27. The third-order valence-electron chi connectivity index (χ3n) is 3.29. The van der Waals surface area contributed by atoms with Crippen LogP contribution in [0.4, 0.5) is 0 Å². The quantitative estimate of drug-likeness (QED) is 0.828. The van der Waals surface area contributed by atoms with Gasteiger partial charge in [-0.2, -0.15) is 0 Å². The molecule has 0 spiro atoms. The number of aliphatic carboxylic acids is 1. The highest BCUT2D eigenvalue weighted by atomic mass is 79.9. The molecule has 4 heteroatoms. The predicted molar refractivity (Wildman–Crippen MR) is 81.1 cm³/mol. The first-order valence-electron chi connectivity index (χ1n) is 6.47. The second kappa shape index (κ2) is 7.06. The SMILES string of the molecule is CN(CCCC(C)(C)C(=O)O)Cc1ccc(Br)cc1. The second-order valence-electron chi connectivity index (χ2n) is 5.66. The minimum Gasteiger partial charge on any atom is -0.481 e. The van der Waals surface area contributed by atoms with Crippen molar-refractivity contribution in [3.63, 3.8) is 0 Å². The third kappa shape index (κ3) is 5.74. The Hall–Kier alpha value is -0.870. The Labute approximate surface area is 123 Å². The molecule has 0 aliphatic heterocycles. The van der Waals surface area contributed by atoms with Crippen LogP contribution in [0.2, 0.25) is 0 Å². The minimum absolute atomic E-state index is 0.627. The molecule has 1 aromatic rings. The maximum Gasteiger partial charge on any atom is 0.309 e. The molecular weight excluding hydrogens is 306 g/mol. The average molecular weight is 328 g/mol. The molecule has 0 saturated carbocycles. The summed E-state index contributed by atoms with van der Waals surface area (Å²) in [6, 6.07) is 8.27. The summed E-state index contributed by atoms with van der Waals surface area (Å²) in [5.74, 6) is -0.719. The van der Waals surface area contributed by atoms with Crippen molar-refractivity contribution in [1.29, 1.82) is 0 Å². The van der Waals surface area contributed by atoms with E-state index in [1.54, 1.807) is 13.8 Å². The summed E-state index contributed by atoms with van der Waals surface area (Å²) in [5, 5.41) is 9.05. The number of benzene rings is 1. The van der Waals surface area contributed by atoms with Crippen molar-refractivity contribution in [1.82, 2.24) is 4.90 Å². The molecule has 0 unspecified atom stereocenters. The highest BCUT2D eigenvalue weighted by Crippen LogP contribution is 2.22. The molecule has 0 aliphatic rings. The lowest BCUT2D eigenvalue weighted by molar-refractivity contribution is -0.147. The molecule has 1 N–H and O–H groups in total. The van der Waals surface area contributed by atoms with Gasteiger partial charge in [0.1, 0.15) is 0 Å². The molecule has 0 radical (unpaired) electrons. The van der Waals surface area contributed by atoms with Gasteiger partial charge in [-0.1, -0.05) is 28.1 Å². The summed E-state index contributed by atoms with van der Waals surface area (Å²) in [4.78, 5) is 13.2. The molecule has 0 bridgehead atoms. The smallest absolute Gasteiger partial charge is 0.309 e. The zero-order valence-electron chi connectivity index (χ0n) is 11.8. The lowest BCUT2D eigenvalue weighted by Gasteiger charge is -2.21. The van der Waals surface area contributed by atoms with Crippen LogP contribution in [0.5, 0.6) is 0 Å². The first kappa shape index (κ1) is 16.2. The molecule has 0 atom stereocenters. The Morgan fingerprint density at radius 1 is 1.32 bits per heavy atom. The summed E-state index contributed by atoms with van der Waals surface area (Å²) in [7, 11) is 2.07. The Kier molecular flexibility index (Phi) is 6.01. The van der Waals surface area contributed by atoms with Gasteiger partial charge in [-0.15, -0.1) is 0 Å². The number of hydrogen-bond donors (Lipinski definition) is 1. The maximum atomic E-state index is 11.0. The van der Waals surface area contributed by atoms with Crippen LogP contribution in [-0.4, -0.2) is 29.6 Å². The fourth-order valence-corrected chi connectivity index (χ4v) is 2.14. The van der Waals surface area contributed by atoms with Crippen LogP contribution in [-0.2, 0) is 11.3 Å². The van der Waals surface area contributed by atoms with E-state index in [1.165, 1.54) is 5.56 Å². The molecular formula is C15H22BrNO2. The van der Waals surface area contributed by atoms with E-state index in [9.17, 15) is 4.79 Å². The lowest BCUT2D eigenvalue weighted by atomic mass is 9.88. The van der Waals surface area contributed by atoms with Crippen LogP contribution >= 0.6 is 15.9 Å². The van der Waals surface area contributed by atoms with E-state index in [2.05, 4.69) is 40.0 Å². The summed E-state index contributed by atoms with van der Waals surface area (Å²) in [5.41, 5.74) is 0.640. The second-order valence-corrected chi connectivity index (χ2v) is 6.57. The van der Waals surface area contributed by atoms with Crippen molar-refractivity contribution in [3.05, 3.63) is 34.3 Å².